The van der Waals surface area contributed by atoms with Crippen LogP contribution in [0.2, 0.25) is 0 Å². The minimum absolute atomic E-state index is 0.0772. The number of aliphatic hydroxyl groups is 1. The van der Waals surface area contributed by atoms with E-state index in [0.717, 1.165) is 0 Å². The minimum Gasteiger partial charge on any atom is -0.392 e. The SMILES string of the molecule is CC[C@H](CO)Nc1[nH+]cc([N+](=O)[O-])cc1C#N. The van der Waals surface area contributed by atoms with Gasteiger partial charge in [0.25, 0.3) is 5.82 Å². The molecule has 0 saturated carbocycles. The highest BCUT2D eigenvalue weighted by molar-refractivity contribution is 5.51. The first-order valence-corrected chi connectivity index (χ1v) is 5.10. The summed E-state index contributed by atoms with van der Waals surface area (Å²) in [5.74, 6) is 0.374. The number of hydrogen-bond donors (Lipinski definition) is 2. The maximum Gasteiger partial charge on any atom is 0.309 e. The van der Waals surface area contributed by atoms with Crippen molar-refractivity contribution in [2.24, 2.45) is 0 Å². The molecule has 0 radical (unpaired) electrons. The molecule has 0 saturated heterocycles. The van der Waals surface area contributed by atoms with Crippen LogP contribution in [-0.4, -0.2) is 22.7 Å². The topological polar surface area (TPSA) is 113 Å². The molecule has 1 rings (SSSR count). The molecule has 7 heteroatoms. The van der Waals surface area contributed by atoms with E-state index >= 15 is 0 Å². The van der Waals surface area contributed by atoms with Crippen LogP contribution >= 0.6 is 0 Å². The molecule has 0 aliphatic carbocycles. The van der Waals surface area contributed by atoms with Gasteiger partial charge < -0.3 is 5.11 Å². The average molecular weight is 237 g/mol. The van der Waals surface area contributed by atoms with Gasteiger partial charge in [0.15, 0.2) is 6.20 Å². The number of aliphatic hydroxyl groups excluding tert-OH is 1. The van der Waals surface area contributed by atoms with Gasteiger partial charge in [-0.3, -0.25) is 15.4 Å². The van der Waals surface area contributed by atoms with E-state index < -0.39 is 4.92 Å². The van der Waals surface area contributed by atoms with E-state index in [-0.39, 0.29) is 23.9 Å². The highest BCUT2D eigenvalue weighted by Gasteiger charge is 2.19. The molecule has 1 heterocycles. The van der Waals surface area contributed by atoms with E-state index in [9.17, 15) is 10.1 Å². The van der Waals surface area contributed by atoms with Crippen LogP contribution in [0.5, 0.6) is 0 Å². The smallest absolute Gasteiger partial charge is 0.309 e. The largest absolute Gasteiger partial charge is 0.392 e. The lowest BCUT2D eigenvalue weighted by Gasteiger charge is -2.08. The number of nitro groups is 1. The van der Waals surface area contributed by atoms with E-state index in [2.05, 4.69) is 10.3 Å². The van der Waals surface area contributed by atoms with Gasteiger partial charge in [-0.1, -0.05) is 6.92 Å². The van der Waals surface area contributed by atoms with Crippen molar-refractivity contribution >= 4 is 11.5 Å². The minimum atomic E-state index is -0.579. The molecule has 3 N–H and O–H groups in total. The predicted octanol–water partition coefficient (Wildman–Crippen LogP) is 0.463. The van der Waals surface area contributed by atoms with Gasteiger partial charge in [0.2, 0.25) is 0 Å². The molecule has 1 aromatic rings. The molecule has 0 aliphatic heterocycles. The average Bonchev–Trinajstić information content (AvgIpc) is 2.35. The van der Waals surface area contributed by atoms with E-state index in [0.29, 0.717) is 12.2 Å². The van der Waals surface area contributed by atoms with Gasteiger partial charge in [0, 0.05) is 6.07 Å². The predicted molar refractivity (Wildman–Crippen MR) is 59.2 cm³/mol. The van der Waals surface area contributed by atoms with Gasteiger partial charge in [-0.25, -0.2) is 4.98 Å². The fourth-order valence-electron chi connectivity index (χ4n) is 1.28. The summed E-state index contributed by atoms with van der Waals surface area (Å²) in [5, 5.41) is 31.4. The Morgan fingerprint density at radius 3 is 2.94 bits per heavy atom. The van der Waals surface area contributed by atoms with Crippen molar-refractivity contribution in [3.05, 3.63) is 27.9 Å². The molecule has 7 nitrogen and oxygen atoms in total. The van der Waals surface area contributed by atoms with Crippen molar-refractivity contribution in [2.45, 2.75) is 19.4 Å². The van der Waals surface area contributed by atoms with Crippen LogP contribution in [0.15, 0.2) is 12.3 Å². The number of nitrogens with zero attached hydrogens (tertiary/aromatic N) is 2. The van der Waals surface area contributed by atoms with Crippen LogP contribution in [0, 0.1) is 21.4 Å². The lowest BCUT2D eigenvalue weighted by molar-refractivity contribution is -0.413. The molecule has 0 aliphatic rings. The zero-order chi connectivity index (χ0) is 12.8. The Labute approximate surface area is 97.9 Å². The highest BCUT2D eigenvalue weighted by Crippen LogP contribution is 2.16. The van der Waals surface area contributed by atoms with Crippen molar-refractivity contribution in [3.63, 3.8) is 0 Å². The lowest BCUT2D eigenvalue weighted by atomic mass is 10.2. The first-order valence-electron chi connectivity index (χ1n) is 5.10. The fraction of sp³-hybridized carbons (Fsp3) is 0.400. The number of hydrogen-bond acceptors (Lipinski definition) is 5. The van der Waals surface area contributed by atoms with Gasteiger partial charge in [-0.15, -0.1) is 0 Å². The van der Waals surface area contributed by atoms with Crippen LogP contribution in [0.25, 0.3) is 0 Å². The maximum atomic E-state index is 10.5. The monoisotopic (exact) mass is 237 g/mol. The van der Waals surface area contributed by atoms with E-state index in [4.69, 9.17) is 10.4 Å². The van der Waals surface area contributed by atoms with Crippen LogP contribution < -0.4 is 10.3 Å². The summed E-state index contributed by atoms with van der Waals surface area (Å²) in [6.45, 7) is 1.80. The first kappa shape index (κ1) is 12.9. The standard InChI is InChI=1S/C10H12N4O3/c1-2-8(6-15)13-10-7(4-11)3-9(5-12-10)14(16)17/h3,5,8,15H,2,6H2,1H3,(H,12,13)/p+1/t8-/m1/s1. The molecule has 0 fully saturated rings. The Morgan fingerprint density at radius 2 is 2.47 bits per heavy atom. The normalized spacial score (nSPS) is 11.6. The quantitative estimate of drug-likeness (QED) is 0.570. The molecule has 0 amide bonds. The fourth-order valence-corrected chi connectivity index (χ4v) is 1.28. The third-order valence-electron chi connectivity index (χ3n) is 2.32. The molecule has 1 aromatic heterocycles. The maximum absolute atomic E-state index is 10.5. The summed E-state index contributed by atoms with van der Waals surface area (Å²) in [7, 11) is 0. The van der Waals surface area contributed by atoms with Gasteiger partial charge in [-0.05, 0) is 6.42 Å². The van der Waals surface area contributed by atoms with Crippen LogP contribution in [0.3, 0.4) is 0 Å². The molecule has 0 aromatic carbocycles. The van der Waals surface area contributed by atoms with E-state index in [1.807, 2.05) is 13.0 Å². The molecule has 17 heavy (non-hydrogen) atoms. The number of aromatic amines is 1. The third-order valence-corrected chi connectivity index (χ3v) is 2.32. The number of aromatic nitrogens is 1. The zero-order valence-electron chi connectivity index (χ0n) is 9.30. The Balaban J connectivity index is 3.01. The number of nitriles is 1. The van der Waals surface area contributed by atoms with Crippen LogP contribution in [0.1, 0.15) is 18.9 Å². The second kappa shape index (κ2) is 5.77. The van der Waals surface area contributed by atoms with Crippen molar-refractivity contribution in [1.82, 2.24) is 0 Å². The van der Waals surface area contributed by atoms with Crippen molar-refractivity contribution in [3.8, 4) is 6.07 Å². The van der Waals surface area contributed by atoms with Crippen molar-refractivity contribution in [1.29, 1.82) is 5.26 Å². The Hall–Kier alpha value is -2.20. The molecule has 0 bridgehead atoms. The molecular formula is C10H13N4O3+. The third kappa shape index (κ3) is 3.12. The van der Waals surface area contributed by atoms with Gasteiger partial charge in [0.05, 0.1) is 11.5 Å². The van der Waals surface area contributed by atoms with Crippen molar-refractivity contribution < 1.29 is 15.0 Å². The second-order valence-electron chi connectivity index (χ2n) is 3.45. The number of anilines is 1. The number of H-pyrrole nitrogens is 1. The summed E-state index contributed by atoms with van der Waals surface area (Å²) < 4.78 is 0. The first-order chi connectivity index (χ1) is 8.12. The number of pyridine rings is 1. The zero-order valence-corrected chi connectivity index (χ0v) is 9.30. The highest BCUT2D eigenvalue weighted by atomic mass is 16.6. The molecule has 1 atom stereocenters. The molecular weight excluding hydrogens is 224 g/mol. The second-order valence-corrected chi connectivity index (χ2v) is 3.45. The summed E-state index contributed by atoms with van der Waals surface area (Å²) in [6, 6.07) is 2.85. The van der Waals surface area contributed by atoms with Crippen molar-refractivity contribution in [2.75, 3.05) is 11.9 Å². The van der Waals surface area contributed by atoms with Crippen LogP contribution in [0.4, 0.5) is 11.5 Å². The Morgan fingerprint density at radius 1 is 1.76 bits per heavy atom. The van der Waals surface area contributed by atoms with Crippen LogP contribution in [-0.2, 0) is 0 Å². The van der Waals surface area contributed by atoms with E-state index in [1.165, 1.54) is 12.3 Å². The molecule has 90 valence electrons. The van der Waals surface area contributed by atoms with Gasteiger partial charge >= 0.3 is 5.69 Å². The molecule has 0 spiro atoms. The summed E-state index contributed by atoms with van der Waals surface area (Å²) in [4.78, 5) is 12.6. The van der Waals surface area contributed by atoms with Gasteiger partial charge in [0.1, 0.15) is 17.7 Å². The lowest BCUT2D eigenvalue weighted by Crippen LogP contribution is -2.27. The Kier molecular flexibility index (Phi) is 4.37. The summed E-state index contributed by atoms with van der Waals surface area (Å²) >= 11 is 0. The Bertz CT molecular complexity index is 451. The van der Waals surface area contributed by atoms with Gasteiger partial charge in [-0.2, -0.15) is 5.26 Å². The van der Waals surface area contributed by atoms with E-state index in [1.54, 1.807) is 0 Å². The number of nitrogens with one attached hydrogen (secondary N) is 2. The summed E-state index contributed by atoms with van der Waals surface area (Å²) in [5.41, 5.74) is -0.0322. The molecule has 0 unspecified atom stereocenters. The number of rotatable bonds is 5. The summed E-state index contributed by atoms with van der Waals surface area (Å²) in [6.07, 6.45) is 1.87.